The Morgan fingerprint density at radius 2 is 0.881 bits per heavy atom. The van der Waals surface area contributed by atoms with E-state index in [1.165, 1.54) is 17.7 Å². The number of nitrogens with one attached hydrogen (secondary N) is 7. The van der Waals surface area contributed by atoms with Crippen LogP contribution in [0.15, 0.2) is 163 Å². The van der Waals surface area contributed by atoms with Gasteiger partial charge in [0.1, 0.15) is 28.8 Å². The zero-order valence-electron chi connectivity index (χ0n) is 72.7. The molecule has 6 aliphatic rings. The van der Waals surface area contributed by atoms with Crippen molar-refractivity contribution < 1.29 is 42.9 Å². The Morgan fingerprint density at radius 3 is 1.25 bits per heavy atom. The number of aryl methyl sites for hydroxylation is 3. The minimum Gasteiger partial charge on any atom is -0.442 e. The van der Waals surface area contributed by atoms with Gasteiger partial charge in [-0.05, 0) is 172 Å². The molecule has 0 saturated carbocycles. The Hall–Kier alpha value is -12.4. The average Bonchev–Trinajstić information content (AvgIpc) is 1.62. The number of benzene rings is 4. The van der Waals surface area contributed by atoms with Crippen molar-refractivity contribution in [1.29, 1.82) is 0 Å². The fourth-order valence-electron chi connectivity index (χ4n) is 16.4. The number of anilines is 9. The number of rotatable bonds is 28. The number of methoxy groups -OCH3 is 3. The second-order valence-corrected chi connectivity index (χ2v) is 33.2. The van der Waals surface area contributed by atoms with Crippen molar-refractivity contribution in [3.63, 3.8) is 0 Å². The summed E-state index contributed by atoms with van der Waals surface area (Å²) >= 11 is 1.48. The van der Waals surface area contributed by atoms with Gasteiger partial charge >= 0.3 is 0 Å². The van der Waals surface area contributed by atoms with Gasteiger partial charge in [-0.2, -0.15) is 0 Å². The largest absolute Gasteiger partial charge is 0.442 e. The van der Waals surface area contributed by atoms with Crippen LogP contribution in [0.4, 0.5) is 52.0 Å². The lowest BCUT2D eigenvalue weighted by atomic mass is 9.99. The van der Waals surface area contributed by atoms with Crippen LogP contribution in [-0.4, -0.2) is 274 Å². The van der Waals surface area contributed by atoms with E-state index < -0.39 is 0 Å². The normalized spacial score (nSPS) is 16.1. The zero-order chi connectivity index (χ0) is 87.9. The number of likely N-dealkylation sites (N-methyl/N-ethyl adjacent to an activating group) is 4. The van der Waals surface area contributed by atoms with E-state index >= 15 is 0 Å². The molecule has 4 aromatic carbocycles. The summed E-state index contributed by atoms with van der Waals surface area (Å²) in [4.78, 5) is 111. The number of amides is 4. The molecule has 126 heavy (non-hydrogen) atoms. The van der Waals surface area contributed by atoms with Gasteiger partial charge in [0.25, 0.3) is 0 Å². The van der Waals surface area contributed by atoms with Gasteiger partial charge in [0, 0.05) is 171 Å². The molecule has 0 unspecified atom stereocenters. The third-order valence-electron chi connectivity index (χ3n) is 23.4. The Morgan fingerprint density at radius 1 is 0.476 bits per heavy atom. The molecule has 3 fully saturated rings. The number of carbonyl (C=O) groups is 4. The zero-order valence-corrected chi connectivity index (χ0v) is 73.5. The fraction of sp³-hybridized carbons (Fsp3) is 0.355. The Labute approximate surface area is 736 Å². The number of thiazole rings is 1. The van der Waals surface area contributed by atoms with Crippen molar-refractivity contribution in [2.75, 3.05) is 180 Å². The number of aliphatic hydroxyl groups excluding tert-OH is 1. The maximum absolute atomic E-state index is 13.5. The number of ether oxygens (including phenoxy) is 3. The van der Waals surface area contributed by atoms with Gasteiger partial charge < -0.3 is 75.7 Å². The highest BCUT2D eigenvalue weighted by molar-refractivity contribution is 7.18. The first-order valence-corrected chi connectivity index (χ1v) is 43.1. The lowest BCUT2D eigenvalue weighted by Gasteiger charge is -2.36. The highest BCUT2D eigenvalue weighted by atomic mass is 32.1. The second-order valence-electron chi connectivity index (χ2n) is 32.0. The molecule has 33 heteroatoms. The van der Waals surface area contributed by atoms with E-state index in [2.05, 4.69) is 159 Å². The standard InChI is InChI=1S/C31H34N8O3.C31H38N8O3.C31H35N7O3S/c1-20-15-34-31(35-21-7-10-26(33-16-21)28-17-32-19-42-28)37-29(20)24-9-8-23-22(24)5-4-6-25(23)36-30(40)27(18-41-3)39-13-11-38(2)12-14-39;1-20-17-34-31(35-22-9-8-21(33-18-22)16-28(40)32-2)37-29(20)25-11-10-24-23(25)6-5-7-26(24)36-30(41)27(19-42-4)39-14-12-38(3)13-15-39;1-19-16-32-31(33-20-7-10-27-25(15-20)34-28(17-39)42-27)36-29(19)23-9-8-22-21(23)5-4-6-24(22)35-30(40)26(18-41-3)38-13-11-37(2)12-14-38/h4-7,9-10,15-17,19,27H,8,11-14,18H2,1-3H3,(H,36,40)(H,34,35,37);5-9,11,17-18,27H,10,12-16,19H2,1-4H3,(H,32,40)(H,36,41)(H,34,35,37);4-7,9-10,15-16,26,39H,8,11-14,17-18H2,1-3H3,(H,35,40)(H,32,33,36)/t2*27-;26-/m111/s1. The van der Waals surface area contributed by atoms with Crippen LogP contribution < -0.4 is 37.2 Å². The van der Waals surface area contributed by atoms with Crippen molar-refractivity contribution in [1.82, 2.24) is 84.6 Å². The predicted molar refractivity (Wildman–Crippen MR) is 489 cm³/mol. The van der Waals surface area contributed by atoms with Crippen LogP contribution in [0.3, 0.4) is 0 Å². The monoisotopic (exact) mass is 1720 g/mol. The summed E-state index contributed by atoms with van der Waals surface area (Å²) in [5.41, 5.74) is 21.8. The van der Waals surface area contributed by atoms with Gasteiger partial charge in [-0.1, -0.05) is 54.6 Å². The molecule has 0 spiro atoms. The first-order valence-electron chi connectivity index (χ1n) is 42.3. The van der Waals surface area contributed by atoms with Crippen LogP contribution in [0.25, 0.3) is 38.4 Å². The summed E-state index contributed by atoms with van der Waals surface area (Å²) < 4.78 is 22.7. The number of allylic oxidation sites excluding steroid dienone is 3. The number of oxazole rings is 1. The number of piperazine rings is 3. The first kappa shape index (κ1) is 88.5. The van der Waals surface area contributed by atoms with Gasteiger partial charge in [-0.3, -0.25) is 43.8 Å². The van der Waals surface area contributed by atoms with Crippen molar-refractivity contribution in [3.05, 3.63) is 237 Å². The molecule has 0 bridgehead atoms. The van der Waals surface area contributed by atoms with Crippen molar-refractivity contribution in [2.24, 2.45) is 0 Å². The Bertz CT molecular complexity index is 5810. The number of hydrogen-bond donors (Lipinski definition) is 8. The van der Waals surface area contributed by atoms with Crippen LogP contribution in [0, 0.1) is 20.8 Å². The van der Waals surface area contributed by atoms with E-state index in [-0.39, 0.29) is 54.8 Å². The number of fused-ring (bicyclic) bond motifs is 4. The van der Waals surface area contributed by atoms with Crippen LogP contribution in [0.1, 0.15) is 77.9 Å². The molecule has 32 nitrogen and oxygen atoms in total. The number of carbonyl (C=O) groups excluding carboxylic acids is 4. The van der Waals surface area contributed by atoms with Gasteiger partial charge in [0.05, 0.1) is 90.1 Å². The molecule has 17 rings (SSSR count). The first-order chi connectivity index (χ1) is 61.3. The molecule has 654 valence electrons. The number of aliphatic hydroxyl groups is 1. The van der Waals surface area contributed by atoms with Gasteiger partial charge in [-0.15, -0.1) is 11.3 Å². The maximum Gasteiger partial charge on any atom is 0.244 e. The number of hydrogen-bond acceptors (Lipinski definition) is 29. The topological polar surface area (TPSA) is 362 Å². The van der Waals surface area contributed by atoms with Crippen molar-refractivity contribution >= 4 is 114 Å². The molecular formula is C93H107N23O9S. The predicted octanol–water partition coefficient (Wildman–Crippen LogP) is 9.99. The van der Waals surface area contributed by atoms with Crippen LogP contribution in [-0.2, 0) is 65.7 Å². The van der Waals surface area contributed by atoms with Crippen molar-refractivity contribution in [2.45, 2.75) is 71.2 Å². The van der Waals surface area contributed by atoms with E-state index in [1.54, 1.807) is 59.2 Å². The molecule has 3 saturated heterocycles. The molecule has 11 aromatic rings. The Balaban J connectivity index is 0.000000146. The molecular weight excluding hydrogens is 1620 g/mol. The van der Waals surface area contributed by atoms with Gasteiger partial charge in [0.15, 0.2) is 12.2 Å². The van der Waals surface area contributed by atoms with Gasteiger partial charge in [-0.25, -0.2) is 39.9 Å². The smallest absolute Gasteiger partial charge is 0.244 e. The second kappa shape index (κ2) is 41.2. The molecule has 3 atom stereocenters. The van der Waals surface area contributed by atoms with Crippen molar-refractivity contribution in [3.8, 4) is 11.5 Å². The van der Waals surface area contributed by atoms with E-state index in [4.69, 9.17) is 33.6 Å². The third kappa shape index (κ3) is 21.1. The van der Waals surface area contributed by atoms with Crippen LogP contribution >= 0.6 is 11.3 Å². The minimum atomic E-state index is -0.349. The Kier molecular flexibility index (Phi) is 28.9. The number of aromatic nitrogens is 10. The minimum absolute atomic E-state index is 0.0452. The molecule has 4 amide bonds. The lowest BCUT2D eigenvalue weighted by Crippen LogP contribution is -2.54. The average molecular weight is 1720 g/mol. The quantitative estimate of drug-likeness (QED) is 0.0226. The number of nitrogens with zero attached hydrogens (tertiary/aromatic N) is 16. The summed E-state index contributed by atoms with van der Waals surface area (Å²) in [6.45, 7) is 17.5. The van der Waals surface area contributed by atoms with Crippen LogP contribution in [0.2, 0.25) is 0 Å². The molecule has 0 radical (unpaired) electrons. The van der Waals surface area contributed by atoms with E-state index in [0.29, 0.717) is 79.1 Å². The van der Waals surface area contributed by atoms with E-state index in [0.717, 1.165) is 207 Å². The van der Waals surface area contributed by atoms with Gasteiger partial charge in [0.2, 0.25) is 41.5 Å². The molecule has 7 aromatic heterocycles. The summed E-state index contributed by atoms with van der Waals surface area (Å²) in [7, 11) is 12.8. The molecule has 3 aliphatic heterocycles. The molecule has 8 N–H and O–H groups in total. The molecule has 3 aliphatic carbocycles. The summed E-state index contributed by atoms with van der Waals surface area (Å²) in [6, 6.07) is 30.3. The lowest BCUT2D eigenvalue weighted by molar-refractivity contribution is -0.124. The molecule has 10 heterocycles. The third-order valence-corrected chi connectivity index (χ3v) is 24.5. The summed E-state index contributed by atoms with van der Waals surface area (Å²) in [5.74, 6) is 1.78. The van der Waals surface area contributed by atoms with E-state index in [1.807, 2.05) is 106 Å². The van der Waals surface area contributed by atoms with Crippen LogP contribution in [0.5, 0.6) is 0 Å². The highest BCUT2D eigenvalue weighted by Gasteiger charge is 2.35. The fourth-order valence-corrected chi connectivity index (χ4v) is 17.2. The summed E-state index contributed by atoms with van der Waals surface area (Å²) in [5, 5.41) is 32.1. The van der Waals surface area contributed by atoms with E-state index in [9.17, 15) is 24.3 Å². The highest BCUT2D eigenvalue weighted by Crippen LogP contribution is 2.42. The SMILES string of the molecule is CNC(=O)Cc1ccc(Nc2ncc(C)c(C3=CCc4c(NC(=O)[C@@H](COC)N5CCN(C)CC5)cccc43)n2)cn1.COC[C@H](C(=O)Nc1cccc2c1CC=C2c1nc(Nc2ccc(-c3cnco3)nc2)ncc1C)N1CCN(C)CC1.COC[C@H](C(=O)Nc1cccc2c1CC=C2c1nc(Nc2ccc3sc(CO)nc3c2)ncc1C)N1CCN(C)CC1. The summed E-state index contributed by atoms with van der Waals surface area (Å²) in [6.07, 6.45) is 20.6. The maximum atomic E-state index is 13.5. The number of pyridine rings is 2.